The molecule has 3 nitrogen and oxygen atoms in total. The van der Waals surface area contributed by atoms with Crippen LogP contribution in [0.1, 0.15) is 25.0 Å². The monoisotopic (exact) mass is 275 g/mol. The number of nitrogens with one attached hydrogen (secondary N) is 1. The smallest absolute Gasteiger partial charge is 0.416 e. The van der Waals surface area contributed by atoms with Crippen molar-refractivity contribution in [1.82, 2.24) is 5.32 Å². The molecule has 0 bridgehead atoms. The standard InChI is InChI=1S/C13H16F3NO2/c1-12(2,10(17-3)11(18)19)8-5-4-6-9(7-8)13(14,15)16/h4-7,10,17H,1-3H3,(H,18,19)/t10-/m1/s1. The van der Waals surface area contributed by atoms with E-state index >= 15 is 0 Å². The summed E-state index contributed by atoms with van der Waals surface area (Å²) in [6.45, 7) is 3.19. The average molecular weight is 275 g/mol. The lowest BCUT2D eigenvalue weighted by atomic mass is 9.77. The normalized spacial score (nSPS) is 14.2. The first-order valence-electron chi connectivity index (χ1n) is 5.68. The quantitative estimate of drug-likeness (QED) is 0.888. The highest BCUT2D eigenvalue weighted by Gasteiger charge is 2.37. The van der Waals surface area contributed by atoms with Gasteiger partial charge in [-0.1, -0.05) is 32.0 Å². The Kier molecular flexibility index (Phi) is 4.25. The van der Waals surface area contributed by atoms with E-state index in [0.29, 0.717) is 5.56 Å². The Morgan fingerprint density at radius 2 is 1.79 bits per heavy atom. The number of carboxylic acids is 1. The van der Waals surface area contributed by atoms with Gasteiger partial charge in [-0.3, -0.25) is 4.79 Å². The molecule has 106 valence electrons. The van der Waals surface area contributed by atoms with Crippen molar-refractivity contribution in [3.8, 4) is 0 Å². The van der Waals surface area contributed by atoms with Gasteiger partial charge in [0.15, 0.2) is 0 Å². The summed E-state index contributed by atoms with van der Waals surface area (Å²) in [6, 6.07) is 3.77. The van der Waals surface area contributed by atoms with Gasteiger partial charge in [0.2, 0.25) is 0 Å². The molecule has 1 aromatic rings. The molecule has 6 heteroatoms. The predicted octanol–water partition coefficient (Wildman–Crippen LogP) is 2.66. The number of hydrogen-bond donors (Lipinski definition) is 2. The Morgan fingerprint density at radius 1 is 1.26 bits per heavy atom. The largest absolute Gasteiger partial charge is 0.480 e. The molecule has 0 aliphatic carbocycles. The van der Waals surface area contributed by atoms with Crippen molar-refractivity contribution in [2.75, 3.05) is 7.05 Å². The molecule has 1 aromatic carbocycles. The maximum atomic E-state index is 12.7. The number of aliphatic carboxylic acids is 1. The molecule has 0 aromatic heterocycles. The van der Waals surface area contributed by atoms with E-state index < -0.39 is 29.2 Å². The molecule has 0 amide bonds. The molecule has 1 rings (SSSR count). The van der Waals surface area contributed by atoms with Crippen LogP contribution in [0.15, 0.2) is 24.3 Å². The number of benzene rings is 1. The maximum Gasteiger partial charge on any atom is 0.416 e. The van der Waals surface area contributed by atoms with Gasteiger partial charge >= 0.3 is 12.1 Å². The van der Waals surface area contributed by atoms with Crippen molar-refractivity contribution in [2.24, 2.45) is 0 Å². The molecule has 19 heavy (non-hydrogen) atoms. The zero-order chi connectivity index (χ0) is 14.8. The van der Waals surface area contributed by atoms with Gasteiger partial charge in [0.1, 0.15) is 6.04 Å². The number of rotatable bonds is 4. The molecular formula is C13H16F3NO2. The fourth-order valence-corrected chi connectivity index (χ4v) is 2.06. The minimum atomic E-state index is -4.44. The second-order valence-corrected chi connectivity index (χ2v) is 4.86. The third-order valence-corrected chi connectivity index (χ3v) is 3.19. The second-order valence-electron chi connectivity index (χ2n) is 4.86. The summed E-state index contributed by atoms with van der Waals surface area (Å²) in [6.07, 6.45) is -4.44. The second kappa shape index (κ2) is 5.21. The van der Waals surface area contributed by atoms with Crippen LogP contribution in [0.3, 0.4) is 0 Å². The van der Waals surface area contributed by atoms with Crippen LogP contribution >= 0.6 is 0 Å². The zero-order valence-corrected chi connectivity index (χ0v) is 10.9. The minimum absolute atomic E-state index is 0.323. The van der Waals surface area contributed by atoms with Crippen LogP contribution < -0.4 is 5.32 Å². The van der Waals surface area contributed by atoms with Crippen LogP contribution in [0.25, 0.3) is 0 Å². The summed E-state index contributed by atoms with van der Waals surface area (Å²) in [5.41, 5.74) is -1.43. The molecule has 0 radical (unpaired) electrons. The lowest BCUT2D eigenvalue weighted by Gasteiger charge is -2.32. The number of halogens is 3. The highest BCUT2D eigenvalue weighted by molar-refractivity contribution is 5.76. The van der Waals surface area contributed by atoms with Crippen molar-refractivity contribution in [1.29, 1.82) is 0 Å². The maximum absolute atomic E-state index is 12.7. The summed E-state index contributed by atoms with van der Waals surface area (Å²) in [4.78, 5) is 11.1. The molecule has 0 unspecified atom stereocenters. The van der Waals surface area contributed by atoms with Crippen molar-refractivity contribution < 1.29 is 23.1 Å². The Balaban J connectivity index is 3.25. The fraction of sp³-hybridized carbons (Fsp3) is 0.462. The van der Waals surface area contributed by atoms with E-state index in [4.69, 9.17) is 5.11 Å². The molecule has 2 N–H and O–H groups in total. The van der Waals surface area contributed by atoms with Gasteiger partial charge in [0.05, 0.1) is 5.56 Å². The van der Waals surface area contributed by atoms with Crippen molar-refractivity contribution >= 4 is 5.97 Å². The van der Waals surface area contributed by atoms with E-state index in [1.165, 1.54) is 19.2 Å². The predicted molar refractivity (Wildman–Crippen MR) is 65.0 cm³/mol. The molecular weight excluding hydrogens is 259 g/mol. The van der Waals surface area contributed by atoms with Crippen molar-refractivity contribution in [3.63, 3.8) is 0 Å². The van der Waals surface area contributed by atoms with Crippen LogP contribution in [-0.4, -0.2) is 24.2 Å². The first-order chi connectivity index (χ1) is 8.60. The van der Waals surface area contributed by atoms with Gasteiger partial charge in [0.25, 0.3) is 0 Å². The molecule has 1 atom stereocenters. The van der Waals surface area contributed by atoms with Crippen molar-refractivity contribution in [3.05, 3.63) is 35.4 Å². The van der Waals surface area contributed by atoms with Gasteiger partial charge in [-0.05, 0) is 18.7 Å². The SMILES string of the molecule is CN[C@H](C(=O)O)C(C)(C)c1cccc(C(F)(F)F)c1. The van der Waals surface area contributed by atoms with Gasteiger partial charge in [-0.2, -0.15) is 13.2 Å². The Hall–Kier alpha value is -1.56. The van der Waals surface area contributed by atoms with E-state index in [1.807, 2.05) is 0 Å². The molecule has 0 aliphatic rings. The molecule has 0 fully saturated rings. The van der Waals surface area contributed by atoms with Crippen LogP contribution in [-0.2, 0) is 16.4 Å². The number of carbonyl (C=O) groups is 1. The first-order valence-corrected chi connectivity index (χ1v) is 5.68. The number of likely N-dealkylation sites (N-methyl/N-ethyl adjacent to an activating group) is 1. The van der Waals surface area contributed by atoms with Crippen molar-refractivity contribution in [2.45, 2.75) is 31.5 Å². The van der Waals surface area contributed by atoms with Gasteiger partial charge < -0.3 is 10.4 Å². The summed E-state index contributed by atoms with van der Waals surface area (Å²) >= 11 is 0. The number of carboxylic acid groups (broad SMARTS) is 1. The topological polar surface area (TPSA) is 49.3 Å². The highest BCUT2D eigenvalue weighted by Crippen LogP contribution is 2.34. The molecule has 0 saturated carbocycles. The van der Waals surface area contributed by atoms with Crippen LogP contribution in [0.5, 0.6) is 0 Å². The van der Waals surface area contributed by atoms with E-state index in [1.54, 1.807) is 13.8 Å². The van der Waals surface area contributed by atoms with Gasteiger partial charge in [-0.25, -0.2) is 0 Å². The summed E-state index contributed by atoms with van der Waals surface area (Å²) in [7, 11) is 1.47. The Bertz CT molecular complexity index is 469. The molecule has 0 spiro atoms. The minimum Gasteiger partial charge on any atom is -0.480 e. The lowest BCUT2D eigenvalue weighted by Crippen LogP contribution is -2.48. The third kappa shape index (κ3) is 3.26. The fourth-order valence-electron chi connectivity index (χ4n) is 2.06. The Labute approximate surface area is 109 Å². The van der Waals surface area contributed by atoms with E-state index in [2.05, 4.69) is 5.32 Å². The van der Waals surface area contributed by atoms with Gasteiger partial charge in [0, 0.05) is 5.41 Å². The van der Waals surface area contributed by atoms with Crippen LogP contribution in [0.2, 0.25) is 0 Å². The van der Waals surface area contributed by atoms with Crippen LogP contribution in [0, 0.1) is 0 Å². The summed E-state index contributed by atoms with van der Waals surface area (Å²) in [5, 5.41) is 11.7. The van der Waals surface area contributed by atoms with E-state index in [0.717, 1.165) is 12.1 Å². The number of alkyl halides is 3. The van der Waals surface area contributed by atoms with E-state index in [-0.39, 0.29) is 0 Å². The Morgan fingerprint density at radius 3 is 2.21 bits per heavy atom. The van der Waals surface area contributed by atoms with Gasteiger partial charge in [-0.15, -0.1) is 0 Å². The highest BCUT2D eigenvalue weighted by atomic mass is 19.4. The summed E-state index contributed by atoms with van der Waals surface area (Å²) in [5.74, 6) is -1.11. The summed E-state index contributed by atoms with van der Waals surface area (Å²) < 4.78 is 38.0. The average Bonchev–Trinajstić information content (AvgIpc) is 2.28. The molecule has 0 saturated heterocycles. The molecule has 0 aliphatic heterocycles. The third-order valence-electron chi connectivity index (χ3n) is 3.19. The van der Waals surface area contributed by atoms with Crippen LogP contribution in [0.4, 0.5) is 13.2 Å². The first kappa shape index (κ1) is 15.5. The zero-order valence-electron chi connectivity index (χ0n) is 10.9. The van der Waals surface area contributed by atoms with E-state index in [9.17, 15) is 18.0 Å². The molecule has 0 heterocycles. The number of hydrogen-bond acceptors (Lipinski definition) is 2. The lowest BCUT2D eigenvalue weighted by molar-refractivity contribution is -0.141.